The van der Waals surface area contributed by atoms with Crippen LogP contribution < -0.4 is 0 Å². The standard InChI is InChI=1S/C26H22N2O/c1-17-14-15-27-22(16-17)21-11-7-10-19-20-12-13-23(28-25(20)29-24(19)21)26(2,3)18-8-5-4-6-9-18/h4-16H,1-3H3. The normalized spacial score (nSPS) is 12.0. The SMILES string of the molecule is Cc1ccnc(-c2cccc3c2oc2nc(C(C)(C)c4ccccc4)ccc23)c1. The summed E-state index contributed by atoms with van der Waals surface area (Å²) in [4.78, 5) is 9.47. The molecule has 0 amide bonds. The number of benzene rings is 2. The quantitative estimate of drug-likeness (QED) is 0.351. The van der Waals surface area contributed by atoms with Crippen LogP contribution in [0.2, 0.25) is 0 Å². The molecule has 0 N–H and O–H groups in total. The molecule has 0 saturated heterocycles. The summed E-state index contributed by atoms with van der Waals surface area (Å²) in [5, 5.41) is 2.10. The maximum atomic E-state index is 6.30. The van der Waals surface area contributed by atoms with Crippen LogP contribution in [0.1, 0.15) is 30.7 Å². The summed E-state index contributed by atoms with van der Waals surface area (Å²) in [6.07, 6.45) is 1.84. The second-order valence-electron chi connectivity index (χ2n) is 8.04. The lowest BCUT2D eigenvalue weighted by atomic mass is 9.81. The summed E-state index contributed by atoms with van der Waals surface area (Å²) in [5.74, 6) is 0. The van der Waals surface area contributed by atoms with Crippen LogP contribution in [-0.2, 0) is 5.41 Å². The molecule has 0 aliphatic rings. The van der Waals surface area contributed by atoms with E-state index in [1.807, 2.05) is 18.3 Å². The van der Waals surface area contributed by atoms with Crippen molar-refractivity contribution >= 4 is 22.1 Å². The van der Waals surface area contributed by atoms with E-state index in [1.165, 1.54) is 11.1 Å². The number of hydrogen-bond donors (Lipinski definition) is 0. The molecule has 29 heavy (non-hydrogen) atoms. The summed E-state index contributed by atoms with van der Waals surface area (Å²) in [6.45, 7) is 6.46. The lowest BCUT2D eigenvalue weighted by molar-refractivity contribution is 0.601. The van der Waals surface area contributed by atoms with Crippen molar-refractivity contribution in [1.82, 2.24) is 9.97 Å². The highest BCUT2D eigenvalue weighted by atomic mass is 16.3. The first kappa shape index (κ1) is 17.6. The smallest absolute Gasteiger partial charge is 0.227 e. The number of aryl methyl sites for hydroxylation is 1. The van der Waals surface area contributed by atoms with Gasteiger partial charge in [-0.15, -0.1) is 0 Å². The fourth-order valence-corrected chi connectivity index (χ4v) is 3.91. The average molecular weight is 378 g/mol. The molecule has 0 atom stereocenters. The summed E-state index contributed by atoms with van der Waals surface area (Å²) >= 11 is 0. The van der Waals surface area contributed by atoms with Crippen LogP contribution in [0, 0.1) is 6.92 Å². The van der Waals surface area contributed by atoms with E-state index in [9.17, 15) is 0 Å². The Bertz CT molecular complexity index is 1330. The van der Waals surface area contributed by atoms with Crippen molar-refractivity contribution in [2.75, 3.05) is 0 Å². The zero-order valence-corrected chi connectivity index (χ0v) is 16.8. The fourth-order valence-electron chi connectivity index (χ4n) is 3.91. The van der Waals surface area contributed by atoms with Crippen molar-refractivity contribution in [3.63, 3.8) is 0 Å². The first-order valence-electron chi connectivity index (χ1n) is 9.85. The lowest BCUT2D eigenvalue weighted by Gasteiger charge is -2.24. The van der Waals surface area contributed by atoms with Gasteiger partial charge in [-0.2, -0.15) is 0 Å². The minimum absolute atomic E-state index is 0.213. The molecule has 0 fully saturated rings. The molecule has 142 valence electrons. The highest BCUT2D eigenvalue weighted by Gasteiger charge is 2.25. The number of aromatic nitrogens is 2. The maximum Gasteiger partial charge on any atom is 0.227 e. The van der Waals surface area contributed by atoms with Crippen molar-refractivity contribution in [1.29, 1.82) is 0 Å². The number of pyridine rings is 2. The van der Waals surface area contributed by atoms with Gasteiger partial charge in [0.1, 0.15) is 5.58 Å². The van der Waals surface area contributed by atoms with Gasteiger partial charge in [0.25, 0.3) is 0 Å². The molecule has 3 heterocycles. The van der Waals surface area contributed by atoms with E-state index < -0.39 is 0 Å². The number of hydrogen-bond acceptors (Lipinski definition) is 3. The van der Waals surface area contributed by atoms with E-state index in [4.69, 9.17) is 9.40 Å². The molecule has 2 aromatic carbocycles. The zero-order valence-electron chi connectivity index (χ0n) is 16.8. The van der Waals surface area contributed by atoms with Gasteiger partial charge >= 0.3 is 0 Å². The van der Waals surface area contributed by atoms with Gasteiger partial charge in [0.2, 0.25) is 5.71 Å². The van der Waals surface area contributed by atoms with E-state index in [1.54, 1.807) is 0 Å². The zero-order chi connectivity index (χ0) is 20.0. The first-order chi connectivity index (χ1) is 14.0. The predicted octanol–water partition coefficient (Wildman–Crippen LogP) is 6.68. The van der Waals surface area contributed by atoms with Gasteiger partial charge < -0.3 is 4.42 Å². The minimum Gasteiger partial charge on any atom is -0.437 e. The monoisotopic (exact) mass is 378 g/mol. The van der Waals surface area contributed by atoms with Gasteiger partial charge in [-0.05, 0) is 48.4 Å². The Balaban J connectivity index is 1.70. The van der Waals surface area contributed by atoms with Crippen molar-refractivity contribution < 1.29 is 4.42 Å². The van der Waals surface area contributed by atoms with Crippen molar-refractivity contribution in [3.8, 4) is 11.3 Å². The summed E-state index contributed by atoms with van der Waals surface area (Å²) in [7, 11) is 0. The number of nitrogens with zero attached hydrogens (tertiary/aromatic N) is 2. The van der Waals surface area contributed by atoms with Gasteiger partial charge in [0.15, 0.2) is 0 Å². The van der Waals surface area contributed by atoms with Crippen LogP contribution in [0.5, 0.6) is 0 Å². The number of fused-ring (bicyclic) bond motifs is 3. The van der Waals surface area contributed by atoms with Gasteiger partial charge in [-0.25, -0.2) is 4.98 Å². The Morgan fingerprint density at radius 1 is 0.828 bits per heavy atom. The molecule has 5 aromatic rings. The third kappa shape index (κ3) is 2.90. The number of furan rings is 1. The third-order valence-corrected chi connectivity index (χ3v) is 5.69. The summed E-state index contributed by atoms with van der Waals surface area (Å²) in [6, 6.07) is 25.0. The summed E-state index contributed by atoms with van der Waals surface area (Å²) < 4.78 is 6.30. The molecule has 0 radical (unpaired) electrons. The average Bonchev–Trinajstić information content (AvgIpc) is 3.12. The third-order valence-electron chi connectivity index (χ3n) is 5.69. The first-order valence-corrected chi connectivity index (χ1v) is 9.85. The van der Waals surface area contributed by atoms with Gasteiger partial charge in [0, 0.05) is 27.9 Å². The molecule has 0 spiro atoms. The Labute approximate surface area is 170 Å². The lowest BCUT2D eigenvalue weighted by Crippen LogP contribution is -2.20. The Morgan fingerprint density at radius 3 is 2.45 bits per heavy atom. The van der Waals surface area contributed by atoms with Crippen LogP contribution in [0.25, 0.3) is 33.3 Å². The summed E-state index contributed by atoms with van der Waals surface area (Å²) in [5.41, 5.74) is 6.60. The van der Waals surface area contributed by atoms with Crippen LogP contribution >= 0.6 is 0 Å². The molecule has 0 aliphatic carbocycles. The highest BCUT2D eigenvalue weighted by molar-refractivity contribution is 6.08. The highest BCUT2D eigenvalue weighted by Crippen LogP contribution is 2.37. The van der Waals surface area contributed by atoms with Crippen LogP contribution in [-0.4, -0.2) is 9.97 Å². The molecule has 3 heteroatoms. The van der Waals surface area contributed by atoms with E-state index in [-0.39, 0.29) is 5.41 Å². The topological polar surface area (TPSA) is 38.9 Å². The van der Waals surface area contributed by atoms with Gasteiger partial charge in [0.05, 0.1) is 11.4 Å². The van der Waals surface area contributed by atoms with Crippen molar-refractivity contribution in [2.24, 2.45) is 0 Å². The maximum absolute atomic E-state index is 6.30. The van der Waals surface area contributed by atoms with E-state index in [2.05, 4.69) is 86.4 Å². The van der Waals surface area contributed by atoms with Crippen molar-refractivity contribution in [2.45, 2.75) is 26.2 Å². The minimum atomic E-state index is -0.213. The molecule has 0 unspecified atom stereocenters. The van der Waals surface area contributed by atoms with Crippen LogP contribution in [0.4, 0.5) is 0 Å². The van der Waals surface area contributed by atoms with E-state index in [0.717, 1.165) is 33.3 Å². The Morgan fingerprint density at radius 2 is 1.66 bits per heavy atom. The second-order valence-corrected chi connectivity index (χ2v) is 8.04. The fraction of sp³-hybridized carbons (Fsp3) is 0.154. The molecule has 5 rings (SSSR count). The second kappa shape index (κ2) is 6.56. The van der Waals surface area contributed by atoms with Crippen LogP contribution in [0.3, 0.4) is 0 Å². The Hall–Kier alpha value is -3.46. The molecular formula is C26H22N2O. The molecule has 0 bridgehead atoms. The molecule has 0 aliphatic heterocycles. The van der Waals surface area contributed by atoms with E-state index in [0.29, 0.717) is 5.71 Å². The molecule has 3 aromatic heterocycles. The van der Waals surface area contributed by atoms with E-state index >= 15 is 0 Å². The molecule has 0 saturated carbocycles. The Kier molecular flexibility index (Phi) is 3.99. The van der Waals surface area contributed by atoms with Crippen LogP contribution in [0.15, 0.2) is 83.4 Å². The number of para-hydroxylation sites is 1. The number of rotatable bonds is 3. The molecule has 3 nitrogen and oxygen atoms in total. The van der Waals surface area contributed by atoms with Gasteiger partial charge in [-0.1, -0.05) is 56.3 Å². The van der Waals surface area contributed by atoms with Crippen molar-refractivity contribution in [3.05, 3.63) is 95.8 Å². The van der Waals surface area contributed by atoms with Gasteiger partial charge in [-0.3, -0.25) is 4.98 Å². The predicted molar refractivity (Wildman–Crippen MR) is 118 cm³/mol. The molecular weight excluding hydrogens is 356 g/mol. The largest absolute Gasteiger partial charge is 0.437 e.